The van der Waals surface area contributed by atoms with Crippen LogP contribution < -0.4 is 10.6 Å². The number of aromatic nitrogens is 2. The number of amides is 2. The fourth-order valence-electron chi connectivity index (χ4n) is 2.60. The molecule has 2 heterocycles. The van der Waals surface area contributed by atoms with Crippen molar-refractivity contribution in [3.63, 3.8) is 0 Å². The highest BCUT2D eigenvalue weighted by atomic mass is 32.1. The summed E-state index contributed by atoms with van der Waals surface area (Å²) in [6.07, 6.45) is 1.86. The van der Waals surface area contributed by atoms with Gasteiger partial charge in [-0.3, -0.25) is 9.59 Å². The van der Waals surface area contributed by atoms with Gasteiger partial charge in [0.15, 0.2) is 5.13 Å². The number of nitrogens with zero attached hydrogens (tertiary/aromatic N) is 1. The van der Waals surface area contributed by atoms with Gasteiger partial charge in [-0.25, -0.2) is 4.98 Å². The lowest BCUT2D eigenvalue weighted by atomic mass is 10.2. The first-order chi connectivity index (χ1) is 12.1. The molecule has 0 fully saturated rings. The van der Waals surface area contributed by atoms with Gasteiger partial charge in [0.2, 0.25) is 5.91 Å². The predicted molar refractivity (Wildman–Crippen MR) is 100 cm³/mol. The van der Waals surface area contributed by atoms with E-state index < -0.39 is 0 Å². The van der Waals surface area contributed by atoms with Crippen molar-refractivity contribution >= 4 is 55.1 Å². The molecule has 7 heteroatoms. The lowest BCUT2D eigenvalue weighted by Gasteiger charge is -2.05. The number of nitrogens with one attached hydrogen (secondary N) is 3. The third kappa shape index (κ3) is 3.09. The summed E-state index contributed by atoms with van der Waals surface area (Å²) < 4.78 is 0.844. The molecule has 0 unspecified atom stereocenters. The Morgan fingerprint density at radius 3 is 2.80 bits per heavy atom. The van der Waals surface area contributed by atoms with E-state index in [0.29, 0.717) is 10.7 Å². The smallest absolute Gasteiger partial charge is 0.255 e. The number of aromatic amines is 1. The van der Waals surface area contributed by atoms with Crippen molar-refractivity contribution in [2.75, 3.05) is 10.6 Å². The Balaban J connectivity index is 1.59. The van der Waals surface area contributed by atoms with Crippen LogP contribution in [0.1, 0.15) is 17.3 Å². The summed E-state index contributed by atoms with van der Waals surface area (Å²) in [5, 5.41) is 7.18. The number of benzene rings is 2. The minimum Gasteiger partial charge on any atom is -0.361 e. The highest BCUT2D eigenvalue weighted by Crippen LogP contribution is 2.27. The number of hydrogen-bond donors (Lipinski definition) is 3. The van der Waals surface area contributed by atoms with Crippen LogP contribution in [0, 0.1) is 0 Å². The van der Waals surface area contributed by atoms with Crippen molar-refractivity contribution in [2.45, 2.75) is 6.92 Å². The Hall–Kier alpha value is -3.19. The summed E-state index contributed by atoms with van der Waals surface area (Å²) >= 11 is 1.34. The molecule has 0 aliphatic heterocycles. The van der Waals surface area contributed by atoms with Crippen LogP contribution in [0.3, 0.4) is 0 Å². The van der Waals surface area contributed by atoms with Gasteiger partial charge in [0, 0.05) is 29.9 Å². The molecule has 0 saturated heterocycles. The fourth-order valence-corrected chi connectivity index (χ4v) is 3.55. The van der Waals surface area contributed by atoms with Crippen molar-refractivity contribution in [3.8, 4) is 0 Å². The van der Waals surface area contributed by atoms with Crippen molar-refractivity contribution in [2.24, 2.45) is 0 Å². The van der Waals surface area contributed by atoms with E-state index in [0.717, 1.165) is 26.8 Å². The van der Waals surface area contributed by atoms with Gasteiger partial charge < -0.3 is 15.6 Å². The predicted octanol–water partition coefficient (Wildman–Crippen LogP) is 3.99. The molecule has 4 aromatic rings. The standard InChI is InChI=1S/C18H14N4O2S/c1-10(23)20-18-22-14-5-3-12(8-16(14)25-18)17(24)21-13-4-2-11-6-7-19-15(11)9-13/h2-9,19H,1H3,(H,21,24)(H,20,22,23). The third-order valence-electron chi connectivity index (χ3n) is 3.75. The van der Waals surface area contributed by atoms with Crippen LogP contribution in [0.2, 0.25) is 0 Å². The Morgan fingerprint density at radius 2 is 1.96 bits per heavy atom. The molecule has 0 aliphatic rings. The second kappa shape index (κ2) is 6.03. The van der Waals surface area contributed by atoms with Crippen LogP contribution in [0.15, 0.2) is 48.7 Å². The lowest BCUT2D eigenvalue weighted by molar-refractivity contribution is -0.114. The summed E-state index contributed by atoms with van der Waals surface area (Å²) in [7, 11) is 0. The second-order valence-corrected chi connectivity index (χ2v) is 6.65. The monoisotopic (exact) mass is 350 g/mol. The normalized spacial score (nSPS) is 10.9. The van der Waals surface area contributed by atoms with Crippen molar-refractivity contribution in [1.82, 2.24) is 9.97 Å². The molecule has 0 bridgehead atoms. The van der Waals surface area contributed by atoms with Gasteiger partial charge in [-0.2, -0.15) is 0 Å². The van der Waals surface area contributed by atoms with Gasteiger partial charge >= 0.3 is 0 Å². The average Bonchev–Trinajstić information content (AvgIpc) is 3.18. The molecule has 2 aromatic carbocycles. The molecule has 2 aromatic heterocycles. The molecule has 6 nitrogen and oxygen atoms in total. The van der Waals surface area contributed by atoms with Crippen LogP contribution in [0.5, 0.6) is 0 Å². The van der Waals surface area contributed by atoms with Crippen LogP contribution in [0.4, 0.5) is 10.8 Å². The van der Waals surface area contributed by atoms with Gasteiger partial charge in [0.05, 0.1) is 10.2 Å². The first-order valence-corrected chi connectivity index (χ1v) is 8.47. The quantitative estimate of drug-likeness (QED) is 0.522. The number of hydrogen-bond acceptors (Lipinski definition) is 4. The van der Waals surface area contributed by atoms with Crippen molar-refractivity contribution in [3.05, 3.63) is 54.2 Å². The van der Waals surface area contributed by atoms with Crippen molar-refractivity contribution < 1.29 is 9.59 Å². The highest BCUT2D eigenvalue weighted by Gasteiger charge is 2.11. The van der Waals surface area contributed by atoms with Crippen LogP contribution in [-0.4, -0.2) is 21.8 Å². The molecule has 2 amide bonds. The SMILES string of the molecule is CC(=O)Nc1nc2ccc(C(=O)Nc3ccc4cc[nH]c4c3)cc2s1. The van der Waals surface area contributed by atoms with Crippen LogP contribution in [-0.2, 0) is 4.79 Å². The number of carbonyl (C=O) groups is 2. The fraction of sp³-hybridized carbons (Fsp3) is 0.0556. The first kappa shape index (κ1) is 15.3. The Kier molecular flexibility index (Phi) is 3.70. The number of carbonyl (C=O) groups excluding carboxylic acids is 2. The summed E-state index contributed by atoms with van der Waals surface area (Å²) in [4.78, 5) is 31.1. The van der Waals surface area contributed by atoms with E-state index in [2.05, 4.69) is 20.6 Å². The molecule has 0 aliphatic carbocycles. The largest absolute Gasteiger partial charge is 0.361 e. The minimum absolute atomic E-state index is 0.170. The van der Waals surface area contributed by atoms with E-state index in [9.17, 15) is 9.59 Å². The number of anilines is 2. The maximum absolute atomic E-state index is 12.5. The van der Waals surface area contributed by atoms with Gasteiger partial charge in [-0.05, 0) is 41.8 Å². The van der Waals surface area contributed by atoms with E-state index in [1.807, 2.05) is 30.5 Å². The van der Waals surface area contributed by atoms with Gasteiger partial charge in [-0.1, -0.05) is 17.4 Å². The van der Waals surface area contributed by atoms with E-state index in [4.69, 9.17) is 0 Å². The molecule has 0 atom stereocenters. The molecule has 124 valence electrons. The number of thiazole rings is 1. The van der Waals surface area contributed by atoms with E-state index in [1.54, 1.807) is 18.2 Å². The second-order valence-electron chi connectivity index (χ2n) is 5.62. The summed E-state index contributed by atoms with van der Waals surface area (Å²) in [6, 6.07) is 13.0. The molecular weight excluding hydrogens is 336 g/mol. The zero-order valence-corrected chi connectivity index (χ0v) is 14.1. The van der Waals surface area contributed by atoms with E-state index in [-0.39, 0.29) is 11.8 Å². The zero-order chi connectivity index (χ0) is 17.4. The number of fused-ring (bicyclic) bond motifs is 2. The molecule has 25 heavy (non-hydrogen) atoms. The molecule has 0 spiro atoms. The Bertz CT molecular complexity index is 1110. The molecular formula is C18H14N4O2S. The van der Waals surface area contributed by atoms with Crippen LogP contribution >= 0.6 is 11.3 Å². The Morgan fingerprint density at radius 1 is 1.08 bits per heavy atom. The molecule has 3 N–H and O–H groups in total. The summed E-state index contributed by atoms with van der Waals surface area (Å²) in [5.41, 5.74) is 2.98. The van der Waals surface area contributed by atoms with E-state index in [1.165, 1.54) is 18.3 Å². The molecule has 0 radical (unpaired) electrons. The first-order valence-electron chi connectivity index (χ1n) is 7.65. The van der Waals surface area contributed by atoms with Gasteiger partial charge in [-0.15, -0.1) is 0 Å². The van der Waals surface area contributed by atoms with Crippen molar-refractivity contribution in [1.29, 1.82) is 0 Å². The Labute approximate surface area is 146 Å². The zero-order valence-electron chi connectivity index (χ0n) is 13.3. The number of rotatable bonds is 3. The highest BCUT2D eigenvalue weighted by molar-refractivity contribution is 7.22. The summed E-state index contributed by atoms with van der Waals surface area (Å²) in [5.74, 6) is -0.362. The molecule has 4 rings (SSSR count). The lowest BCUT2D eigenvalue weighted by Crippen LogP contribution is -2.11. The minimum atomic E-state index is -0.192. The number of H-pyrrole nitrogens is 1. The average molecular weight is 350 g/mol. The molecule has 0 saturated carbocycles. The maximum Gasteiger partial charge on any atom is 0.255 e. The maximum atomic E-state index is 12.5. The van der Waals surface area contributed by atoms with E-state index >= 15 is 0 Å². The summed E-state index contributed by atoms with van der Waals surface area (Å²) in [6.45, 7) is 1.44. The van der Waals surface area contributed by atoms with Gasteiger partial charge in [0.1, 0.15) is 0 Å². The third-order valence-corrected chi connectivity index (χ3v) is 4.68. The van der Waals surface area contributed by atoms with Gasteiger partial charge in [0.25, 0.3) is 5.91 Å². The topological polar surface area (TPSA) is 86.9 Å². The van der Waals surface area contributed by atoms with Crippen LogP contribution in [0.25, 0.3) is 21.1 Å².